The Balaban J connectivity index is 2.30. The molecule has 0 aromatic carbocycles. The lowest BCUT2D eigenvalue weighted by Gasteiger charge is -2.18. The number of anilines is 2. The zero-order chi connectivity index (χ0) is 14.8. The molecule has 0 radical (unpaired) electrons. The standard InChI is InChI=1S/C12H13F3N4O/c1-16-9-6-10(18-11(17-9)12(13,14)15)19(2)7-8-4-3-5-20-8/h3-6H,7H2,1-2H3,(H,16,17,18). The van der Waals surface area contributed by atoms with Crippen LogP contribution in [0.25, 0.3) is 0 Å². The molecule has 20 heavy (non-hydrogen) atoms. The van der Waals surface area contributed by atoms with Crippen LogP contribution in [0.5, 0.6) is 0 Å². The van der Waals surface area contributed by atoms with E-state index in [1.54, 1.807) is 24.1 Å². The number of rotatable bonds is 4. The second-order valence-corrected chi connectivity index (χ2v) is 4.12. The first-order valence-corrected chi connectivity index (χ1v) is 5.77. The van der Waals surface area contributed by atoms with Gasteiger partial charge in [0.15, 0.2) is 0 Å². The highest BCUT2D eigenvalue weighted by Crippen LogP contribution is 2.29. The molecule has 0 spiro atoms. The van der Waals surface area contributed by atoms with Crippen molar-refractivity contribution in [2.45, 2.75) is 12.7 Å². The maximum Gasteiger partial charge on any atom is 0.451 e. The van der Waals surface area contributed by atoms with Crippen molar-refractivity contribution in [3.63, 3.8) is 0 Å². The van der Waals surface area contributed by atoms with Gasteiger partial charge >= 0.3 is 6.18 Å². The second-order valence-electron chi connectivity index (χ2n) is 4.12. The molecule has 0 saturated heterocycles. The summed E-state index contributed by atoms with van der Waals surface area (Å²) in [6.45, 7) is 0.310. The molecule has 0 aliphatic carbocycles. The van der Waals surface area contributed by atoms with Crippen molar-refractivity contribution < 1.29 is 17.6 Å². The van der Waals surface area contributed by atoms with Gasteiger partial charge in [0.25, 0.3) is 0 Å². The van der Waals surface area contributed by atoms with Gasteiger partial charge in [-0.3, -0.25) is 0 Å². The molecule has 2 aromatic rings. The van der Waals surface area contributed by atoms with E-state index >= 15 is 0 Å². The summed E-state index contributed by atoms with van der Waals surface area (Å²) >= 11 is 0. The van der Waals surface area contributed by atoms with Gasteiger partial charge in [0.05, 0.1) is 12.8 Å². The highest BCUT2D eigenvalue weighted by Gasteiger charge is 2.35. The molecule has 0 unspecified atom stereocenters. The first-order chi connectivity index (χ1) is 9.40. The summed E-state index contributed by atoms with van der Waals surface area (Å²) in [5.74, 6) is -0.280. The number of nitrogens with zero attached hydrogens (tertiary/aromatic N) is 3. The maximum absolute atomic E-state index is 12.7. The lowest BCUT2D eigenvalue weighted by atomic mass is 10.4. The number of halogens is 3. The van der Waals surface area contributed by atoms with Crippen LogP contribution >= 0.6 is 0 Å². The minimum absolute atomic E-state index is 0.105. The van der Waals surface area contributed by atoms with E-state index in [1.165, 1.54) is 19.4 Å². The zero-order valence-electron chi connectivity index (χ0n) is 10.9. The average molecular weight is 286 g/mol. The van der Waals surface area contributed by atoms with Crippen molar-refractivity contribution in [3.8, 4) is 0 Å². The van der Waals surface area contributed by atoms with Crippen LogP contribution in [-0.2, 0) is 12.7 Å². The van der Waals surface area contributed by atoms with E-state index in [9.17, 15) is 13.2 Å². The predicted molar refractivity (Wildman–Crippen MR) is 67.4 cm³/mol. The Kier molecular flexibility index (Phi) is 3.82. The number of alkyl halides is 3. The molecule has 2 aromatic heterocycles. The Morgan fingerprint density at radius 1 is 1.35 bits per heavy atom. The summed E-state index contributed by atoms with van der Waals surface area (Å²) < 4.78 is 43.4. The first-order valence-electron chi connectivity index (χ1n) is 5.77. The minimum atomic E-state index is -4.59. The largest absolute Gasteiger partial charge is 0.467 e. The molecule has 0 bridgehead atoms. The van der Waals surface area contributed by atoms with E-state index in [4.69, 9.17) is 4.42 Å². The number of hydrogen-bond donors (Lipinski definition) is 1. The van der Waals surface area contributed by atoms with Gasteiger partial charge in [-0.25, -0.2) is 9.97 Å². The highest BCUT2D eigenvalue weighted by molar-refractivity contribution is 5.49. The van der Waals surface area contributed by atoms with Crippen molar-refractivity contribution in [1.29, 1.82) is 0 Å². The molecule has 2 heterocycles. The van der Waals surface area contributed by atoms with Crippen LogP contribution in [0.3, 0.4) is 0 Å². The van der Waals surface area contributed by atoms with Gasteiger partial charge in [0.2, 0.25) is 5.82 Å². The van der Waals surface area contributed by atoms with Crippen molar-refractivity contribution in [2.75, 3.05) is 24.3 Å². The van der Waals surface area contributed by atoms with E-state index in [1.807, 2.05) is 0 Å². The van der Waals surface area contributed by atoms with Gasteiger partial charge in [-0.2, -0.15) is 13.2 Å². The van der Waals surface area contributed by atoms with Crippen molar-refractivity contribution in [1.82, 2.24) is 9.97 Å². The maximum atomic E-state index is 12.7. The van der Waals surface area contributed by atoms with Crippen molar-refractivity contribution in [3.05, 3.63) is 36.0 Å². The van der Waals surface area contributed by atoms with Crippen LogP contribution in [0.15, 0.2) is 28.9 Å². The topological polar surface area (TPSA) is 54.2 Å². The van der Waals surface area contributed by atoms with Crippen LogP contribution in [0.4, 0.5) is 24.8 Å². The number of furan rings is 1. The fourth-order valence-electron chi connectivity index (χ4n) is 1.60. The quantitative estimate of drug-likeness (QED) is 0.936. The monoisotopic (exact) mass is 286 g/mol. The SMILES string of the molecule is CNc1cc(N(C)Cc2ccco2)nc(C(F)(F)F)n1. The third-order valence-electron chi connectivity index (χ3n) is 2.59. The van der Waals surface area contributed by atoms with Gasteiger partial charge in [0.1, 0.15) is 17.4 Å². The smallest absolute Gasteiger partial charge is 0.451 e. The number of aromatic nitrogens is 2. The zero-order valence-corrected chi connectivity index (χ0v) is 10.9. The molecular formula is C12H13F3N4O. The molecular weight excluding hydrogens is 273 g/mol. The number of hydrogen-bond acceptors (Lipinski definition) is 5. The minimum Gasteiger partial charge on any atom is -0.467 e. The fraction of sp³-hybridized carbons (Fsp3) is 0.333. The van der Waals surface area contributed by atoms with Crippen LogP contribution in [-0.4, -0.2) is 24.1 Å². The van der Waals surface area contributed by atoms with Crippen molar-refractivity contribution >= 4 is 11.6 Å². The van der Waals surface area contributed by atoms with Crippen LogP contribution < -0.4 is 10.2 Å². The van der Waals surface area contributed by atoms with E-state index in [0.29, 0.717) is 12.3 Å². The van der Waals surface area contributed by atoms with Crippen LogP contribution in [0.2, 0.25) is 0 Å². The number of nitrogens with one attached hydrogen (secondary N) is 1. The van der Waals surface area contributed by atoms with E-state index in [2.05, 4.69) is 15.3 Å². The third-order valence-corrected chi connectivity index (χ3v) is 2.59. The second kappa shape index (κ2) is 5.40. The fourth-order valence-corrected chi connectivity index (χ4v) is 1.60. The molecule has 0 aliphatic rings. The van der Waals surface area contributed by atoms with Gasteiger partial charge in [-0.15, -0.1) is 0 Å². The summed E-state index contributed by atoms with van der Waals surface area (Å²) in [5.41, 5.74) is 0. The molecule has 0 saturated carbocycles. The van der Waals surface area contributed by atoms with E-state index in [0.717, 1.165) is 0 Å². The van der Waals surface area contributed by atoms with Crippen LogP contribution in [0.1, 0.15) is 11.6 Å². The molecule has 0 amide bonds. The molecule has 5 nitrogen and oxygen atoms in total. The van der Waals surface area contributed by atoms with Gasteiger partial charge in [0, 0.05) is 20.2 Å². The van der Waals surface area contributed by atoms with Crippen LogP contribution in [0, 0.1) is 0 Å². The normalized spacial score (nSPS) is 11.4. The molecule has 2 rings (SSSR count). The Hall–Kier alpha value is -2.25. The first kappa shape index (κ1) is 14.2. The summed E-state index contributed by atoms with van der Waals surface area (Å²) in [5, 5.41) is 2.59. The Labute approximate surface area is 113 Å². The van der Waals surface area contributed by atoms with Crippen molar-refractivity contribution in [2.24, 2.45) is 0 Å². The Morgan fingerprint density at radius 3 is 2.65 bits per heavy atom. The molecule has 0 aliphatic heterocycles. The Morgan fingerprint density at radius 2 is 2.10 bits per heavy atom. The van der Waals surface area contributed by atoms with Gasteiger partial charge in [-0.05, 0) is 12.1 Å². The lowest BCUT2D eigenvalue weighted by Crippen LogP contribution is -2.21. The molecule has 108 valence electrons. The highest BCUT2D eigenvalue weighted by atomic mass is 19.4. The summed E-state index contributed by atoms with van der Waals surface area (Å²) in [7, 11) is 3.13. The summed E-state index contributed by atoms with van der Waals surface area (Å²) in [6.07, 6.45) is -3.09. The average Bonchev–Trinajstić information content (AvgIpc) is 2.90. The predicted octanol–water partition coefficient (Wildman–Crippen LogP) is 2.77. The molecule has 0 fully saturated rings. The van der Waals surface area contributed by atoms with Gasteiger partial charge < -0.3 is 14.6 Å². The summed E-state index contributed by atoms with van der Waals surface area (Å²) in [6, 6.07) is 4.89. The lowest BCUT2D eigenvalue weighted by molar-refractivity contribution is -0.144. The third kappa shape index (κ3) is 3.19. The Bertz CT molecular complexity index is 569. The molecule has 0 atom stereocenters. The van der Waals surface area contributed by atoms with E-state index < -0.39 is 12.0 Å². The summed E-state index contributed by atoms with van der Waals surface area (Å²) in [4.78, 5) is 8.50. The van der Waals surface area contributed by atoms with E-state index in [-0.39, 0.29) is 11.6 Å². The molecule has 8 heteroatoms. The molecule has 1 N–H and O–H groups in total. The van der Waals surface area contributed by atoms with Gasteiger partial charge in [-0.1, -0.05) is 0 Å².